The molecule has 0 saturated carbocycles. The Bertz CT molecular complexity index is 905. The number of hydrogen-bond donors (Lipinski definition) is 2. The lowest BCUT2D eigenvalue weighted by Gasteiger charge is -2.31. The van der Waals surface area contributed by atoms with Gasteiger partial charge >= 0.3 is 29.9 Å². The fraction of sp³-hybridized carbons (Fsp3) is 0.450. The Balaban J connectivity index is 1.50. The van der Waals surface area contributed by atoms with Crippen LogP contribution in [0.1, 0.15) is 47.7 Å². The zero-order valence-corrected chi connectivity index (χ0v) is 17.4. The molecule has 3 rings (SSSR count). The summed E-state index contributed by atoms with van der Waals surface area (Å²) in [5.74, 6) is -1.05. The van der Waals surface area contributed by atoms with Crippen LogP contribution in [0.3, 0.4) is 0 Å². The van der Waals surface area contributed by atoms with Gasteiger partial charge in [0.15, 0.2) is 0 Å². The highest BCUT2D eigenvalue weighted by atomic mass is 16.6. The molecule has 0 atom stereocenters. The number of benzene rings is 1. The summed E-state index contributed by atoms with van der Waals surface area (Å²) in [6, 6.07) is 6.48. The smallest absolute Gasteiger partial charge is 0.409 e. The van der Waals surface area contributed by atoms with Gasteiger partial charge in [0.05, 0.1) is 18.8 Å². The molecule has 11 heteroatoms. The summed E-state index contributed by atoms with van der Waals surface area (Å²) >= 11 is 0. The molecule has 1 aromatic heterocycles. The maximum absolute atomic E-state index is 12.4. The van der Waals surface area contributed by atoms with Crippen molar-refractivity contribution >= 4 is 29.7 Å². The number of ether oxygens (including phenoxy) is 2. The van der Waals surface area contributed by atoms with E-state index >= 15 is 0 Å². The van der Waals surface area contributed by atoms with Crippen molar-refractivity contribution in [3.8, 4) is 0 Å². The number of hydrogen-bond acceptors (Lipinski definition) is 9. The molecule has 0 spiro atoms. The molecule has 31 heavy (non-hydrogen) atoms. The third-order valence-corrected chi connectivity index (χ3v) is 4.62. The molecule has 0 bridgehead atoms. The molecule has 1 aliphatic heterocycles. The Morgan fingerprint density at radius 1 is 1.06 bits per heavy atom. The highest BCUT2D eigenvalue weighted by Crippen LogP contribution is 2.17. The highest BCUT2D eigenvalue weighted by molar-refractivity contribution is 5.90. The molecule has 1 saturated heterocycles. The van der Waals surface area contributed by atoms with Crippen LogP contribution in [0.2, 0.25) is 0 Å². The zero-order chi connectivity index (χ0) is 22.2. The van der Waals surface area contributed by atoms with Crippen LogP contribution in [0, 0.1) is 0 Å². The molecule has 0 unspecified atom stereocenters. The fourth-order valence-corrected chi connectivity index (χ4v) is 3.06. The molecule has 11 nitrogen and oxygen atoms in total. The monoisotopic (exact) mass is 431 g/mol. The summed E-state index contributed by atoms with van der Waals surface area (Å²) in [6.45, 7) is 5.14. The van der Waals surface area contributed by atoms with E-state index in [-0.39, 0.29) is 24.0 Å². The van der Waals surface area contributed by atoms with Gasteiger partial charge in [0, 0.05) is 24.8 Å². The molecule has 1 fully saturated rings. The normalized spacial score (nSPS) is 14.1. The number of amides is 2. The van der Waals surface area contributed by atoms with Gasteiger partial charge in [-0.15, -0.1) is 5.10 Å². The number of anilines is 2. The van der Waals surface area contributed by atoms with E-state index in [0.29, 0.717) is 50.4 Å². The number of nitrogens with one attached hydrogen (secondary N) is 2. The van der Waals surface area contributed by atoms with Gasteiger partial charge in [-0.1, -0.05) is 5.10 Å². The summed E-state index contributed by atoms with van der Waals surface area (Å²) in [6.07, 6.45) is 0.878. The van der Waals surface area contributed by atoms with E-state index in [1.807, 2.05) is 0 Å². The predicted octanol–water partition coefficient (Wildman–Crippen LogP) is 2.34. The van der Waals surface area contributed by atoms with Crippen LogP contribution in [-0.4, -0.2) is 65.4 Å². The van der Waals surface area contributed by atoms with Crippen LogP contribution in [0.4, 0.5) is 16.5 Å². The fourth-order valence-electron chi connectivity index (χ4n) is 3.06. The number of aromatic nitrogens is 2. The highest BCUT2D eigenvalue weighted by Gasteiger charge is 2.26. The lowest BCUT2D eigenvalue weighted by Crippen LogP contribution is -2.46. The van der Waals surface area contributed by atoms with E-state index < -0.39 is 11.9 Å². The van der Waals surface area contributed by atoms with Crippen LogP contribution >= 0.6 is 0 Å². The number of nitrogens with zero attached hydrogens (tertiary/aromatic N) is 3. The van der Waals surface area contributed by atoms with Gasteiger partial charge in [0.1, 0.15) is 0 Å². The number of carbonyl (C=O) groups excluding carboxylic acids is 3. The molecule has 166 valence electrons. The van der Waals surface area contributed by atoms with E-state index in [0.717, 1.165) is 0 Å². The summed E-state index contributed by atoms with van der Waals surface area (Å²) in [5.41, 5.74) is 1.03. The predicted molar refractivity (Wildman–Crippen MR) is 109 cm³/mol. The van der Waals surface area contributed by atoms with E-state index in [1.165, 1.54) is 0 Å². The number of carbonyl (C=O) groups is 3. The number of piperidine rings is 1. The maximum Gasteiger partial charge on any atom is 0.409 e. The lowest BCUT2D eigenvalue weighted by molar-refractivity contribution is 0.0526. The Kier molecular flexibility index (Phi) is 7.41. The first-order chi connectivity index (χ1) is 15.0. The Morgan fingerprint density at radius 3 is 2.39 bits per heavy atom. The zero-order valence-electron chi connectivity index (χ0n) is 17.4. The van der Waals surface area contributed by atoms with E-state index in [2.05, 4.69) is 20.8 Å². The average molecular weight is 431 g/mol. The molecule has 2 amide bonds. The summed E-state index contributed by atoms with van der Waals surface area (Å²) in [4.78, 5) is 37.4. The van der Waals surface area contributed by atoms with Gasteiger partial charge in [-0.2, -0.15) is 0 Å². The van der Waals surface area contributed by atoms with Crippen molar-refractivity contribution in [1.29, 1.82) is 0 Å². The first-order valence-electron chi connectivity index (χ1n) is 10.1. The molecule has 0 aliphatic carbocycles. The second-order valence-electron chi connectivity index (χ2n) is 6.77. The first kappa shape index (κ1) is 22.1. The lowest BCUT2D eigenvalue weighted by atomic mass is 10.1. The van der Waals surface area contributed by atoms with Crippen molar-refractivity contribution in [2.24, 2.45) is 0 Å². The Morgan fingerprint density at radius 2 is 1.74 bits per heavy atom. The van der Waals surface area contributed by atoms with Crippen LogP contribution < -0.4 is 10.6 Å². The van der Waals surface area contributed by atoms with E-state index in [1.54, 1.807) is 43.0 Å². The van der Waals surface area contributed by atoms with E-state index in [9.17, 15) is 14.4 Å². The molecular formula is C20H25N5O6. The SMILES string of the molecule is CCOC(=O)c1ccc(Nc2nnc(C(=O)NC3CCN(C(=O)OCC)CC3)o2)cc1. The molecule has 1 aromatic carbocycles. The molecular weight excluding hydrogens is 406 g/mol. The summed E-state index contributed by atoms with van der Waals surface area (Å²) < 4.78 is 15.3. The molecule has 2 N–H and O–H groups in total. The molecule has 0 radical (unpaired) electrons. The summed E-state index contributed by atoms with van der Waals surface area (Å²) in [7, 11) is 0. The molecule has 2 heterocycles. The van der Waals surface area contributed by atoms with Crippen molar-refractivity contribution in [2.45, 2.75) is 32.7 Å². The molecule has 2 aromatic rings. The van der Waals surface area contributed by atoms with E-state index in [4.69, 9.17) is 13.9 Å². The van der Waals surface area contributed by atoms with Crippen LogP contribution in [0.15, 0.2) is 28.7 Å². The minimum Gasteiger partial charge on any atom is -0.462 e. The van der Waals surface area contributed by atoms with Gasteiger partial charge in [-0.05, 0) is 51.0 Å². The molecule has 1 aliphatic rings. The summed E-state index contributed by atoms with van der Waals surface area (Å²) in [5, 5.41) is 13.3. The van der Waals surface area contributed by atoms with Crippen LogP contribution in [0.25, 0.3) is 0 Å². The van der Waals surface area contributed by atoms with Crippen molar-refractivity contribution in [3.63, 3.8) is 0 Å². The third-order valence-electron chi connectivity index (χ3n) is 4.62. The van der Waals surface area contributed by atoms with Crippen molar-refractivity contribution in [3.05, 3.63) is 35.7 Å². The van der Waals surface area contributed by atoms with Crippen LogP contribution in [-0.2, 0) is 9.47 Å². The topological polar surface area (TPSA) is 136 Å². The minimum absolute atomic E-state index is 0.0474. The largest absolute Gasteiger partial charge is 0.462 e. The first-order valence-corrected chi connectivity index (χ1v) is 10.1. The van der Waals surface area contributed by atoms with Crippen LogP contribution in [0.5, 0.6) is 0 Å². The average Bonchev–Trinajstić information content (AvgIpc) is 3.24. The van der Waals surface area contributed by atoms with Crippen molar-refractivity contribution in [2.75, 3.05) is 31.6 Å². The minimum atomic E-state index is -0.479. The second-order valence-corrected chi connectivity index (χ2v) is 6.77. The standard InChI is InChI=1S/C20H25N5O6/c1-3-29-18(27)13-5-7-14(8-6-13)22-19-24-23-17(31-19)16(26)21-15-9-11-25(12-10-15)20(28)30-4-2/h5-8,15H,3-4,9-12H2,1-2H3,(H,21,26)(H,22,24). The van der Waals surface area contributed by atoms with Gasteiger partial charge in [-0.25, -0.2) is 9.59 Å². The second kappa shape index (κ2) is 10.4. The quantitative estimate of drug-likeness (QED) is 0.633. The van der Waals surface area contributed by atoms with Crippen molar-refractivity contribution in [1.82, 2.24) is 20.4 Å². The van der Waals surface area contributed by atoms with Gasteiger partial charge in [0.2, 0.25) is 0 Å². The van der Waals surface area contributed by atoms with Crippen molar-refractivity contribution < 1.29 is 28.3 Å². The Labute approximate surface area is 179 Å². The third kappa shape index (κ3) is 5.93. The number of likely N-dealkylation sites (tertiary alicyclic amines) is 1. The van der Waals surface area contributed by atoms with Gasteiger partial charge in [-0.3, -0.25) is 4.79 Å². The number of rotatable bonds is 7. The van der Waals surface area contributed by atoms with Gasteiger partial charge in [0.25, 0.3) is 0 Å². The maximum atomic E-state index is 12.4. The van der Waals surface area contributed by atoms with Gasteiger partial charge < -0.3 is 29.4 Å². The Hall–Kier alpha value is -3.63. The number of esters is 1.